The van der Waals surface area contributed by atoms with E-state index in [1.165, 1.54) is 0 Å². The molecular weight excluding hydrogens is 316 g/mol. The minimum absolute atomic E-state index is 0.0382. The van der Waals surface area contributed by atoms with Gasteiger partial charge in [-0.15, -0.1) is 0 Å². The van der Waals surface area contributed by atoms with Gasteiger partial charge < -0.3 is 15.0 Å². The van der Waals surface area contributed by atoms with Gasteiger partial charge in [0.05, 0.1) is 25.6 Å². The highest BCUT2D eigenvalue weighted by atomic mass is 16.5. The van der Waals surface area contributed by atoms with Gasteiger partial charge in [-0.05, 0) is 36.2 Å². The van der Waals surface area contributed by atoms with Crippen LogP contribution in [0.2, 0.25) is 0 Å². The predicted molar refractivity (Wildman–Crippen MR) is 93.4 cm³/mol. The molecule has 0 radical (unpaired) electrons. The fourth-order valence-corrected chi connectivity index (χ4v) is 3.38. The molecule has 2 amide bonds. The minimum atomic E-state index is -0.229. The van der Waals surface area contributed by atoms with Crippen molar-refractivity contribution >= 4 is 11.8 Å². The molecule has 0 aromatic heterocycles. The van der Waals surface area contributed by atoms with Crippen LogP contribution in [-0.4, -0.2) is 35.9 Å². The van der Waals surface area contributed by atoms with Crippen LogP contribution in [-0.2, 0) is 4.79 Å². The van der Waals surface area contributed by atoms with Gasteiger partial charge in [0, 0.05) is 5.56 Å². The minimum Gasteiger partial charge on any atom is -0.487 e. The normalized spacial score (nSPS) is 19.2. The summed E-state index contributed by atoms with van der Waals surface area (Å²) in [6.07, 6.45) is 0.330. The summed E-state index contributed by atoms with van der Waals surface area (Å²) in [6, 6.07) is 15.1. The van der Waals surface area contributed by atoms with Crippen LogP contribution in [0.15, 0.2) is 48.5 Å². The van der Waals surface area contributed by atoms with Crippen LogP contribution >= 0.6 is 0 Å². The lowest BCUT2D eigenvalue weighted by Gasteiger charge is -2.39. The van der Waals surface area contributed by atoms with E-state index in [1.807, 2.05) is 49.4 Å². The number of carbonyl (C=O) groups excluding carboxylic acids is 2. The molecule has 0 bridgehead atoms. The first-order valence-electron chi connectivity index (χ1n) is 8.51. The van der Waals surface area contributed by atoms with E-state index in [-0.39, 0.29) is 24.0 Å². The fourth-order valence-electron chi connectivity index (χ4n) is 3.38. The number of fused-ring (bicyclic) bond motifs is 1. The quantitative estimate of drug-likeness (QED) is 0.933. The molecule has 2 heterocycles. The Morgan fingerprint density at radius 2 is 2.00 bits per heavy atom. The Kier molecular flexibility index (Phi) is 3.92. The van der Waals surface area contributed by atoms with Crippen molar-refractivity contribution in [2.45, 2.75) is 25.5 Å². The number of likely N-dealkylation sites (tertiary alicyclic amines) is 1. The summed E-state index contributed by atoms with van der Waals surface area (Å²) in [4.78, 5) is 26.2. The number of nitrogens with zero attached hydrogens (tertiary/aromatic N) is 1. The van der Waals surface area contributed by atoms with Gasteiger partial charge in [-0.3, -0.25) is 9.59 Å². The van der Waals surface area contributed by atoms with Gasteiger partial charge in [0.2, 0.25) is 5.91 Å². The molecule has 5 nitrogen and oxygen atoms in total. The van der Waals surface area contributed by atoms with Crippen molar-refractivity contribution in [3.63, 3.8) is 0 Å². The highest BCUT2D eigenvalue weighted by Crippen LogP contribution is 2.29. The Bertz CT molecular complexity index is 827. The summed E-state index contributed by atoms with van der Waals surface area (Å²) in [5, 5.41) is 2.89. The molecule has 1 atom stereocenters. The molecule has 25 heavy (non-hydrogen) atoms. The summed E-state index contributed by atoms with van der Waals surface area (Å²) in [7, 11) is 0. The smallest absolute Gasteiger partial charge is 0.252 e. The maximum absolute atomic E-state index is 12.5. The Morgan fingerprint density at radius 1 is 1.20 bits per heavy atom. The number of carbonyl (C=O) groups is 2. The molecule has 2 aromatic rings. The monoisotopic (exact) mass is 336 g/mol. The highest BCUT2D eigenvalue weighted by Gasteiger charge is 2.36. The van der Waals surface area contributed by atoms with E-state index in [1.54, 1.807) is 11.0 Å². The summed E-state index contributed by atoms with van der Waals surface area (Å²) >= 11 is 0. The van der Waals surface area contributed by atoms with Gasteiger partial charge in [-0.1, -0.05) is 30.3 Å². The lowest BCUT2D eigenvalue weighted by Crippen LogP contribution is -2.56. The molecule has 0 saturated carbocycles. The Hall–Kier alpha value is -2.82. The second-order valence-corrected chi connectivity index (χ2v) is 6.67. The van der Waals surface area contributed by atoms with E-state index >= 15 is 0 Å². The molecule has 5 heteroatoms. The van der Waals surface area contributed by atoms with Crippen molar-refractivity contribution in [1.82, 2.24) is 10.2 Å². The first-order chi connectivity index (χ1) is 12.1. The largest absolute Gasteiger partial charge is 0.487 e. The zero-order valence-corrected chi connectivity index (χ0v) is 14.1. The van der Waals surface area contributed by atoms with Crippen LogP contribution in [0.4, 0.5) is 0 Å². The molecule has 4 rings (SSSR count). The number of benzene rings is 2. The van der Waals surface area contributed by atoms with Crippen molar-refractivity contribution in [2.75, 3.05) is 13.1 Å². The Balaban J connectivity index is 1.32. The molecule has 1 fully saturated rings. The van der Waals surface area contributed by atoms with Crippen LogP contribution in [0.25, 0.3) is 0 Å². The first kappa shape index (κ1) is 15.7. The van der Waals surface area contributed by atoms with Crippen molar-refractivity contribution in [2.24, 2.45) is 0 Å². The maximum atomic E-state index is 12.5. The number of hydrogen-bond acceptors (Lipinski definition) is 3. The number of amides is 2. The second kappa shape index (κ2) is 6.24. The topological polar surface area (TPSA) is 58.6 Å². The SMILES string of the molecule is Cc1cccc(OC2CN(C(=O)CC3NC(=O)c4ccccc43)C2)c1. The van der Waals surface area contributed by atoms with Gasteiger partial charge in [0.1, 0.15) is 11.9 Å². The van der Waals surface area contributed by atoms with Gasteiger partial charge in [-0.2, -0.15) is 0 Å². The standard InChI is InChI=1S/C20H20N2O3/c1-13-5-4-6-14(9-13)25-15-11-22(12-15)19(23)10-18-16-7-2-3-8-17(16)20(24)21-18/h2-9,15,18H,10-12H2,1H3,(H,21,24). The van der Waals surface area contributed by atoms with Crippen molar-refractivity contribution in [3.8, 4) is 5.75 Å². The lowest BCUT2D eigenvalue weighted by molar-refractivity contribution is -0.140. The van der Waals surface area contributed by atoms with Gasteiger partial charge >= 0.3 is 0 Å². The number of hydrogen-bond donors (Lipinski definition) is 1. The van der Waals surface area contributed by atoms with Crippen LogP contribution in [0.1, 0.15) is 33.9 Å². The molecule has 1 saturated heterocycles. The van der Waals surface area contributed by atoms with Gasteiger partial charge in [-0.25, -0.2) is 0 Å². The van der Waals surface area contributed by atoms with E-state index in [4.69, 9.17) is 4.74 Å². The number of ether oxygens (including phenoxy) is 1. The number of nitrogens with one attached hydrogen (secondary N) is 1. The third-order valence-electron chi connectivity index (χ3n) is 4.76. The summed E-state index contributed by atoms with van der Waals surface area (Å²) in [6.45, 7) is 3.21. The van der Waals surface area contributed by atoms with E-state index in [9.17, 15) is 9.59 Å². The number of aryl methyl sites for hydroxylation is 1. The third kappa shape index (κ3) is 3.09. The predicted octanol–water partition coefficient (Wildman–Crippen LogP) is 2.46. The van der Waals surface area contributed by atoms with E-state index < -0.39 is 0 Å². The molecular formula is C20H20N2O3. The average Bonchev–Trinajstić information content (AvgIpc) is 2.87. The summed E-state index contributed by atoms with van der Waals surface area (Å²) < 4.78 is 5.89. The Labute approximate surface area is 146 Å². The Morgan fingerprint density at radius 3 is 2.80 bits per heavy atom. The molecule has 2 aliphatic heterocycles. The molecule has 128 valence electrons. The van der Waals surface area contributed by atoms with E-state index in [2.05, 4.69) is 5.32 Å². The number of rotatable bonds is 4. The molecule has 2 aromatic carbocycles. The maximum Gasteiger partial charge on any atom is 0.252 e. The van der Waals surface area contributed by atoms with Gasteiger partial charge in [0.15, 0.2) is 0 Å². The molecule has 1 N–H and O–H groups in total. The second-order valence-electron chi connectivity index (χ2n) is 6.67. The molecule has 0 aliphatic carbocycles. The lowest BCUT2D eigenvalue weighted by atomic mass is 10.0. The molecule has 1 unspecified atom stereocenters. The molecule has 0 spiro atoms. The summed E-state index contributed by atoms with van der Waals surface area (Å²) in [5.74, 6) is 0.790. The fraction of sp³-hybridized carbons (Fsp3) is 0.300. The van der Waals surface area contributed by atoms with Crippen LogP contribution in [0, 0.1) is 6.92 Å². The van der Waals surface area contributed by atoms with Crippen LogP contribution in [0.3, 0.4) is 0 Å². The van der Waals surface area contributed by atoms with Crippen molar-refractivity contribution in [1.29, 1.82) is 0 Å². The average molecular weight is 336 g/mol. The van der Waals surface area contributed by atoms with Crippen molar-refractivity contribution < 1.29 is 14.3 Å². The van der Waals surface area contributed by atoms with Crippen LogP contribution < -0.4 is 10.1 Å². The van der Waals surface area contributed by atoms with Gasteiger partial charge in [0.25, 0.3) is 5.91 Å². The van der Waals surface area contributed by atoms with Crippen molar-refractivity contribution in [3.05, 3.63) is 65.2 Å². The van der Waals surface area contributed by atoms with Crippen LogP contribution in [0.5, 0.6) is 5.75 Å². The summed E-state index contributed by atoms with van der Waals surface area (Å²) in [5.41, 5.74) is 2.74. The highest BCUT2D eigenvalue weighted by molar-refractivity contribution is 5.99. The molecule has 2 aliphatic rings. The zero-order valence-electron chi connectivity index (χ0n) is 14.1. The zero-order chi connectivity index (χ0) is 17.4. The van der Waals surface area contributed by atoms with E-state index in [0.29, 0.717) is 25.1 Å². The first-order valence-corrected chi connectivity index (χ1v) is 8.51. The van der Waals surface area contributed by atoms with E-state index in [0.717, 1.165) is 16.9 Å². The third-order valence-corrected chi connectivity index (χ3v) is 4.76.